The Hall–Kier alpha value is -2.04. The van der Waals surface area contributed by atoms with Gasteiger partial charge in [-0.1, -0.05) is 19.4 Å². The van der Waals surface area contributed by atoms with E-state index in [9.17, 15) is 9.59 Å². The first-order valence-corrected chi connectivity index (χ1v) is 6.31. The smallest absolute Gasteiger partial charge is 0.326 e. The minimum atomic E-state index is -1.02. The van der Waals surface area contributed by atoms with E-state index in [4.69, 9.17) is 5.11 Å². The van der Waals surface area contributed by atoms with Gasteiger partial charge in [0.1, 0.15) is 6.04 Å². The molecule has 0 heterocycles. The number of amides is 2. The summed E-state index contributed by atoms with van der Waals surface area (Å²) in [6, 6.07) is 4.20. The molecule has 104 valence electrons. The van der Waals surface area contributed by atoms with Crippen molar-refractivity contribution in [3.63, 3.8) is 0 Å². The monoisotopic (exact) mass is 264 g/mol. The van der Waals surface area contributed by atoms with Crippen molar-refractivity contribution in [2.24, 2.45) is 0 Å². The van der Waals surface area contributed by atoms with E-state index in [1.54, 1.807) is 6.07 Å². The maximum absolute atomic E-state index is 11.7. The third-order valence-electron chi connectivity index (χ3n) is 2.95. The molecule has 3 N–H and O–H groups in total. The minimum absolute atomic E-state index is 0.412. The minimum Gasteiger partial charge on any atom is -0.480 e. The zero-order chi connectivity index (χ0) is 14.4. The molecule has 0 saturated heterocycles. The Morgan fingerprint density at radius 2 is 1.95 bits per heavy atom. The Morgan fingerprint density at radius 1 is 1.26 bits per heavy atom. The average Bonchev–Trinajstić information content (AvgIpc) is 2.33. The summed E-state index contributed by atoms with van der Waals surface area (Å²) >= 11 is 0. The number of carbonyl (C=O) groups excluding carboxylic acids is 1. The van der Waals surface area contributed by atoms with Crippen molar-refractivity contribution >= 4 is 17.7 Å². The fraction of sp³-hybridized carbons (Fsp3) is 0.429. The third kappa shape index (κ3) is 4.62. The number of nitrogens with one attached hydrogen (secondary N) is 2. The van der Waals surface area contributed by atoms with E-state index in [2.05, 4.69) is 10.6 Å². The zero-order valence-corrected chi connectivity index (χ0v) is 11.5. The summed E-state index contributed by atoms with van der Waals surface area (Å²) in [5, 5.41) is 14.0. The standard InChI is InChI=1S/C14H20N2O3/c1-4-5-12(13(17)18)16-14(19)15-11-7-6-9(2)10(3)8-11/h6-8,12H,4-5H2,1-3H3,(H,17,18)(H2,15,16,19). The van der Waals surface area contributed by atoms with Gasteiger partial charge in [0.2, 0.25) is 0 Å². The Labute approximate surface area is 113 Å². The topological polar surface area (TPSA) is 78.4 Å². The fourth-order valence-corrected chi connectivity index (χ4v) is 1.69. The van der Waals surface area contributed by atoms with Crippen molar-refractivity contribution in [2.45, 2.75) is 39.7 Å². The van der Waals surface area contributed by atoms with Crippen molar-refractivity contribution < 1.29 is 14.7 Å². The molecule has 1 unspecified atom stereocenters. The molecule has 0 saturated carbocycles. The first-order chi connectivity index (χ1) is 8.93. The Kier molecular flexibility index (Phi) is 5.36. The molecule has 5 nitrogen and oxygen atoms in total. The maximum Gasteiger partial charge on any atom is 0.326 e. The molecule has 1 aromatic carbocycles. The van der Waals surface area contributed by atoms with Crippen LogP contribution in [0.25, 0.3) is 0 Å². The SMILES string of the molecule is CCCC(NC(=O)Nc1ccc(C)c(C)c1)C(=O)O. The molecular weight excluding hydrogens is 244 g/mol. The molecule has 19 heavy (non-hydrogen) atoms. The summed E-state index contributed by atoms with van der Waals surface area (Å²) < 4.78 is 0. The number of hydrogen-bond acceptors (Lipinski definition) is 2. The predicted octanol–water partition coefficient (Wildman–Crippen LogP) is 2.68. The number of aryl methyl sites for hydroxylation is 2. The lowest BCUT2D eigenvalue weighted by Gasteiger charge is -2.14. The molecule has 0 radical (unpaired) electrons. The van der Waals surface area contributed by atoms with E-state index in [0.717, 1.165) is 11.1 Å². The van der Waals surface area contributed by atoms with Crippen molar-refractivity contribution in [3.05, 3.63) is 29.3 Å². The molecular formula is C14H20N2O3. The molecule has 0 aliphatic rings. The number of carboxylic acids is 1. The first kappa shape index (κ1) is 15.0. The van der Waals surface area contributed by atoms with Gasteiger partial charge in [-0.3, -0.25) is 0 Å². The number of anilines is 1. The zero-order valence-electron chi connectivity index (χ0n) is 11.5. The van der Waals surface area contributed by atoms with Gasteiger partial charge in [-0.25, -0.2) is 9.59 Å². The third-order valence-corrected chi connectivity index (χ3v) is 2.95. The number of benzene rings is 1. The van der Waals surface area contributed by atoms with Crippen molar-refractivity contribution in [1.29, 1.82) is 0 Å². The van der Waals surface area contributed by atoms with E-state index >= 15 is 0 Å². The summed E-state index contributed by atoms with van der Waals surface area (Å²) in [6.07, 6.45) is 1.11. The molecule has 0 spiro atoms. The van der Waals surface area contributed by atoms with E-state index in [0.29, 0.717) is 18.5 Å². The van der Waals surface area contributed by atoms with Crippen LogP contribution in [0.2, 0.25) is 0 Å². The molecule has 0 fully saturated rings. The highest BCUT2D eigenvalue weighted by atomic mass is 16.4. The average molecular weight is 264 g/mol. The van der Waals surface area contributed by atoms with Crippen molar-refractivity contribution in [3.8, 4) is 0 Å². The van der Waals surface area contributed by atoms with E-state index in [1.165, 1.54) is 0 Å². The van der Waals surface area contributed by atoms with Gasteiger partial charge in [-0.15, -0.1) is 0 Å². The summed E-state index contributed by atoms with van der Waals surface area (Å²) in [7, 11) is 0. The van der Waals surface area contributed by atoms with Gasteiger partial charge >= 0.3 is 12.0 Å². The Bertz CT molecular complexity index is 472. The maximum atomic E-state index is 11.7. The van der Waals surface area contributed by atoms with Crippen LogP contribution in [0.15, 0.2) is 18.2 Å². The molecule has 1 rings (SSSR count). The lowest BCUT2D eigenvalue weighted by Crippen LogP contribution is -2.42. The van der Waals surface area contributed by atoms with E-state index in [-0.39, 0.29) is 0 Å². The molecule has 0 aromatic heterocycles. The number of hydrogen-bond donors (Lipinski definition) is 3. The van der Waals surface area contributed by atoms with Crippen LogP contribution in [0.5, 0.6) is 0 Å². The van der Waals surface area contributed by atoms with Gasteiger partial charge in [-0.05, 0) is 43.5 Å². The molecule has 0 bridgehead atoms. The van der Waals surface area contributed by atoms with Crippen LogP contribution in [0.4, 0.5) is 10.5 Å². The predicted molar refractivity (Wildman–Crippen MR) is 74.4 cm³/mol. The molecule has 0 aliphatic carbocycles. The molecule has 1 aromatic rings. The van der Waals surface area contributed by atoms with E-state index in [1.807, 2.05) is 32.9 Å². The van der Waals surface area contributed by atoms with Gasteiger partial charge < -0.3 is 15.7 Å². The van der Waals surface area contributed by atoms with Gasteiger partial charge in [0, 0.05) is 5.69 Å². The highest BCUT2D eigenvalue weighted by Gasteiger charge is 2.18. The Balaban J connectivity index is 2.63. The van der Waals surface area contributed by atoms with Crippen LogP contribution >= 0.6 is 0 Å². The van der Waals surface area contributed by atoms with Crippen molar-refractivity contribution in [2.75, 3.05) is 5.32 Å². The number of carboxylic acid groups (broad SMARTS) is 1. The van der Waals surface area contributed by atoms with Gasteiger partial charge in [0.15, 0.2) is 0 Å². The van der Waals surface area contributed by atoms with Gasteiger partial charge in [0.25, 0.3) is 0 Å². The Morgan fingerprint density at radius 3 is 2.47 bits per heavy atom. The number of rotatable bonds is 5. The molecule has 0 aliphatic heterocycles. The van der Waals surface area contributed by atoms with Gasteiger partial charge in [0.05, 0.1) is 0 Å². The number of urea groups is 1. The normalized spacial score (nSPS) is 11.7. The van der Waals surface area contributed by atoms with E-state index < -0.39 is 18.0 Å². The lowest BCUT2D eigenvalue weighted by atomic mass is 10.1. The summed E-state index contributed by atoms with van der Waals surface area (Å²) in [6.45, 7) is 5.81. The highest BCUT2D eigenvalue weighted by molar-refractivity contribution is 5.92. The van der Waals surface area contributed by atoms with Crippen LogP contribution in [0.3, 0.4) is 0 Å². The largest absolute Gasteiger partial charge is 0.480 e. The number of aliphatic carboxylic acids is 1. The second-order valence-corrected chi connectivity index (χ2v) is 4.58. The van der Waals surface area contributed by atoms with Crippen molar-refractivity contribution in [1.82, 2.24) is 5.32 Å². The second-order valence-electron chi connectivity index (χ2n) is 4.58. The van der Waals surface area contributed by atoms with Gasteiger partial charge in [-0.2, -0.15) is 0 Å². The van der Waals surface area contributed by atoms with Crippen LogP contribution in [-0.2, 0) is 4.79 Å². The summed E-state index contributed by atoms with van der Waals surface area (Å²) in [5.74, 6) is -1.02. The van der Waals surface area contributed by atoms with Crippen LogP contribution < -0.4 is 10.6 Å². The number of carbonyl (C=O) groups is 2. The molecule has 5 heteroatoms. The van der Waals surface area contributed by atoms with Crippen LogP contribution in [-0.4, -0.2) is 23.1 Å². The second kappa shape index (κ2) is 6.78. The molecule has 1 atom stereocenters. The van der Waals surface area contributed by atoms with Crippen LogP contribution in [0, 0.1) is 13.8 Å². The summed E-state index contributed by atoms with van der Waals surface area (Å²) in [5.41, 5.74) is 2.86. The molecule has 2 amide bonds. The lowest BCUT2D eigenvalue weighted by molar-refractivity contribution is -0.139. The fourth-order valence-electron chi connectivity index (χ4n) is 1.69. The quantitative estimate of drug-likeness (QED) is 0.765. The van der Waals surface area contributed by atoms with Crippen LogP contribution in [0.1, 0.15) is 30.9 Å². The highest BCUT2D eigenvalue weighted by Crippen LogP contribution is 2.14. The summed E-state index contributed by atoms with van der Waals surface area (Å²) in [4.78, 5) is 22.6. The first-order valence-electron chi connectivity index (χ1n) is 6.31.